The predicted molar refractivity (Wildman–Crippen MR) is 104 cm³/mol. The highest BCUT2D eigenvalue weighted by atomic mass is 127. The summed E-state index contributed by atoms with van der Waals surface area (Å²) in [5, 5.41) is 6.21. The second-order valence-electron chi connectivity index (χ2n) is 5.08. The second kappa shape index (κ2) is 12.0. The number of methoxy groups -OCH3 is 1. The van der Waals surface area contributed by atoms with E-state index in [2.05, 4.69) is 27.5 Å². The summed E-state index contributed by atoms with van der Waals surface area (Å²) in [6.45, 7) is 5.27. The Morgan fingerprint density at radius 1 is 1.36 bits per heavy atom. The van der Waals surface area contributed by atoms with Gasteiger partial charge in [-0.25, -0.2) is 4.99 Å². The van der Waals surface area contributed by atoms with Crippen LogP contribution in [0.1, 0.15) is 25.0 Å². The number of alkyl halides is 3. The summed E-state index contributed by atoms with van der Waals surface area (Å²) in [7, 11) is 1.61. The maximum Gasteiger partial charge on any atom is 0.416 e. The van der Waals surface area contributed by atoms with Crippen LogP contribution in [0, 0.1) is 11.8 Å². The number of nitrogens with one attached hydrogen (secondary N) is 2. The fraction of sp³-hybridized carbons (Fsp3) is 0.471. The third-order valence-corrected chi connectivity index (χ3v) is 2.88. The molecule has 0 radical (unpaired) electrons. The van der Waals surface area contributed by atoms with Gasteiger partial charge in [0.2, 0.25) is 0 Å². The number of rotatable bonds is 5. The third kappa shape index (κ3) is 9.55. The molecule has 1 aromatic carbocycles. The normalized spacial score (nSPS) is 12.5. The largest absolute Gasteiger partial charge is 0.416 e. The number of ether oxygens (including phenoxy) is 1. The summed E-state index contributed by atoms with van der Waals surface area (Å²) in [6.07, 6.45) is -4.37. The molecule has 140 valence electrons. The van der Waals surface area contributed by atoms with E-state index in [0.29, 0.717) is 24.7 Å². The van der Waals surface area contributed by atoms with E-state index in [0.717, 1.165) is 12.1 Å². The zero-order valence-electron chi connectivity index (χ0n) is 14.4. The number of halogens is 4. The molecule has 0 aliphatic heterocycles. The predicted octanol–water partition coefficient (Wildman–Crippen LogP) is 3.26. The average Bonchev–Trinajstić information content (AvgIpc) is 2.51. The summed E-state index contributed by atoms with van der Waals surface area (Å²) in [5.41, 5.74) is -0.396. The first kappa shape index (κ1) is 23.5. The summed E-state index contributed by atoms with van der Waals surface area (Å²) in [6, 6.07) is 5.00. The molecule has 1 atom stereocenters. The first-order valence-corrected chi connectivity index (χ1v) is 7.56. The van der Waals surface area contributed by atoms with Gasteiger partial charge in [0.05, 0.1) is 12.2 Å². The van der Waals surface area contributed by atoms with Crippen molar-refractivity contribution < 1.29 is 17.9 Å². The summed E-state index contributed by atoms with van der Waals surface area (Å²) >= 11 is 0. The van der Waals surface area contributed by atoms with Gasteiger partial charge in [-0.2, -0.15) is 13.2 Å². The molecule has 0 aliphatic carbocycles. The first-order chi connectivity index (χ1) is 11.4. The fourth-order valence-corrected chi connectivity index (χ4v) is 1.88. The maximum atomic E-state index is 12.6. The first-order valence-electron chi connectivity index (χ1n) is 7.56. The summed E-state index contributed by atoms with van der Waals surface area (Å²) in [4.78, 5) is 4.26. The molecule has 0 saturated heterocycles. The molecule has 0 spiro atoms. The lowest BCUT2D eigenvalue weighted by Gasteiger charge is -2.16. The zero-order valence-corrected chi connectivity index (χ0v) is 16.7. The van der Waals surface area contributed by atoms with Crippen molar-refractivity contribution in [1.29, 1.82) is 0 Å². The van der Waals surface area contributed by atoms with Crippen LogP contribution in [0.25, 0.3) is 0 Å². The van der Waals surface area contributed by atoms with Crippen LogP contribution >= 0.6 is 24.0 Å². The van der Waals surface area contributed by atoms with Crippen LogP contribution < -0.4 is 10.6 Å². The van der Waals surface area contributed by atoms with Crippen molar-refractivity contribution in [2.75, 3.05) is 26.8 Å². The molecule has 25 heavy (non-hydrogen) atoms. The Morgan fingerprint density at radius 3 is 2.68 bits per heavy atom. The number of nitrogens with zero attached hydrogens (tertiary/aromatic N) is 1. The Morgan fingerprint density at radius 2 is 2.08 bits per heavy atom. The van der Waals surface area contributed by atoms with E-state index in [1.54, 1.807) is 7.11 Å². The minimum absolute atomic E-state index is 0. The Hall–Kier alpha value is -1.47. The molecule has 0 heterocycles. The van der Waals surface area contributed by atoms with Crippen LogP contribution in [0.15, 0.2) is 29.3 Å². The molecule has 2 N–H and O–H groups in total. The monoisotopic (exact) mass is 469 g/mol. The van der Waals surface area contributed by atoms with E-state index in [9.17, 15) is 13.2 Å². The van der Waals surface area contributed by atoms with Crippen molar-refractivity contribution in [1.82, 2.24) is 10.6 Å². The van der Waals surface area contributed by atoms with E-state index in [1.807, 2.05) is 13.8 Å². The fourth-order valence-electron chi connectivity index (χ4n) is 1.88. The lowest BCUT2D eigenvalue weighted by molar-refractivity contribution is -0.137. The standard InChI is InChI=1S/C17H22F3N3O.HI/c1-4-21-16(23-13(2)12-24-3)22-10-6-8-14-7-5-9-15(11-14)17(18,19)20;/h5,7,9,11,13H,4,10,12H2,1-3H3,(H2,21,22,23);1H. The molecule has 8 heteroatoms. The highest BCUT2D eigenvalue weighted by Gasteiger charge is 2.30. The molecule has 1 rings (SSSR count). The van der Waals surface area contributed by atoms with E-state index in [1.165, 1.54) is 12.1 Å². The highest BCUT2D eigenvalue weighted by molar-refractivity contribution is 14.0. The topological polar surface area (TPSA) is 45.7 Å². The molecule has 4 nitrogen and oxygen atoms in total. The second-order valence-corrected chi connectivity index (χ2v) is 5.08. The Bertz CT molecular complexity index is 609. The maximum absolute atomic E-state index is 12.6. The van der Waals surface area contributed by atoms with Crippen LogP contribution in [-0.4, -0.2) is 38.8 Å². The van der Waals surface area contributed by atoms with E-state index in [4.69, 9.17) is 4.74 Å². The van der Waals surface area contributed by atoms with Gasteiger partial charge in [-0.3, -0.25) is 0 Å². The van der Waals surface area contributed by atoms with Crippen LogP contribution in [0.5, 0.6) is 0 Å². The Labute approximate surface area is 163 Å². The van der Waals surface area contributed by atoms with Gasteiger partial charge in [0.1, 0.15) is 6.54 Å². The molecule has 0 fully saturated rings. The van der Waals surface area contributed by atoms with Crippen molar-refractivity contribution in [3.63, 3.8) is 0 Å². The van der Waals surface area contributed by atoms with Crippen LogP contribution in [0.4, 0.5) is 13.2 Å². The Kier molecular flexibility index (Phi) is 11.3. The van der Waals surface area contributed by atoms with E-state index in [-0.39, 0.29) is 36.6 Å². The highest BCUT2D eigenvalue weighted by Crippen LogP contribution is 2.29. The molecule has 0 aliphatic rings. The van der Waals surface area contributed by atoms with Gasteiger partial charge in [-0.05, 0) is 32.0 Å². The SMILES string of the molecule is CCNC(=NCC#Cc1cccc(C(F)(F)F)c1)NC(C)COC.I. The van der Waals surface area contributed by atoms with Crippen LogP contribution in [0.3, 0.4) is 0 Å². The summed E-state index contributed by atoms with van der Waals surface area (Å²) < 4.78 is 42.9. The quantitative estimate of drug-likeness (QED) is 0.301. The van der Waals surface area contributed by atoms with Crippen molar-refractivity contribution >= 4 is 29.9 Å². The van der Waals surface area contributed by atoms with Gasteiger partial charge in [-0.1, -0.05) is 17.9 Å². The van der Waals surface area contributed by atoms with Crippen LogP contribution in [-0.2, 0) is 10.9 Å². The van der Waals surface area contributed by atoms with Gasteiger partial charge in [0, 0.05) is 25.3 Å². The van der Waals surface area contributed by atoms with Gasteiger partial charge >= 0.3 is 6.18 Å². The minimum atomic E-state index is -4.37. The molecular weight excluding hydrogens is 446 g/mol. The van der Waals surface area contributed by atoms with E-state index >= 15 is 0 Å². The van der Waals surface area contributed by atoms with E-state index < -0.39 is 11.7 Å². The number of hydrogen-bond donors (Lipinski definition) is 2. The Balaban J connectivity index is 0.00000576. The van der Waals surface area contributed by atoms with Gasteiger partial charge < -0.3 is 15.4 Å². The van der Waals surface area contributed by atoms with Crippen LogP contribution in [0.2, 0.25) is 0 Å². The molecular formula is C17H23F3IN3O. The molecule has 0 bridgehead atoms. The third-order valence-electron chi connectivity index (χ3n) is 2.88. The molecule has 1 aromatic rings. The number of aliphatic imine (C=N–C) groups is 1. The zero-order chi connectivity index (χ0) is 18.0. The van der Waals surface area contributed by atoms with Gasteiger partial charge in [0.15, 0.2) is 5.96 Å². The van der Waals surface area contributed by atoms with Crippen molar-refractivity contribution in [3.8, 4) is 11.8 Å². The average molecular weight is 469 g/mol. The summed E-state index contributed by atoms with van der Waals surface area (Å²) in [5.74, 6) is 6.04. The number of benzene rings is 1. The lowest BCUT2D eigenvalue weighted by atomic mass is 10.1. The molecule has 1 unspecified atom stereocenters. The van der Waals surface area contributed by atoms with Crippen molar-refractivity contribution in [2.45, 2.75) is 26.1 Å². The van der Waals surface area contributed by atoms with Crippen molar-refractivity contribution in [3.05, 3.63) is 35.4 Å². The molecule has 0 amide bonds. The molecule has 0 aromatic heterocycles. The number of hydrogen-bond acceptors (Lipinski definition) is 2. The number of guanidine groups is 1. The minimum Gasteiger partial charge on any atom is -0.383 e. The van der Waals surface area contributed by atoms with Crippen molar-refractivity contribution in [2.24, 2.45) is 4.99 Å². The smallest absolute Gasteiger partial charge is 0.383 e. The van der Waals surface area contributed by atoms with Gasteiger partial charge in [0.25, 0.3) is 0 Å². The lowest BCUT2D eigenvalue weighted by Crippen LogP contribution is -2.44. The van der Waals surface area contributed by atoms with Gasteiger partial charge in [-0.15, -0.1) is 24.0 Å². The molecule has 0 saturated carbocycles.